The fourth-order valence-electron chi connectivity index (χ4n) is 4.17. The molecule has 0 aliphatic carbocycles. The van der Waals surface area contributed by atoms with Crippen LogP contribution < -0.4 is 5.32 Å². The number of rotatable bonds is 6. The molecule has 0 spiro atoms. The van der Waals surface area contributed by atoms with Gasteiger partial charge in [0.25, 0.3) is 0 Å². The van der Waals surface area contributed by atoms with Crippen LogP contribution in [0.2, 0.25) is 0 Å². The zero-order valence-electron chi connectivity index (χ0n) is 19.3. The highest BCUT2D eigenvalue weighted by atomic mass is 16.7. The molecule has 1 fully saturated rings. The average molecular weight is 459 g/mol. The predicted octanol–water partition coefficient (Wildman–Crippen LogP) is 3.12. The van der Waals surface area contributed by atoms with E-state index >= 15 is 0 Å². The molecular weight excluding hydrogens is 432 g/mol. The Morgan fingerprint density at radius 2 is 1.88 bits per heavy atom. The lowest BCUT2D eigenvalue weighted by Gasteiger charge is -2.17. The van der Waals surface area contributed by atoms with Gasteiger partial charge in [-0.25, -0.2) is 29.7 Å². The summed E-state index contributed by atoms with van der Waals surface area (Å²) in [4.78, 5) is 40.5. The van der Waals surface area contributed by atoms with E-state index in [1.807, 2.05) is 36.6 Å². The summed E-state index contributed by atoms with van der Waals surface area (Å²) in [6.07, 6.45) is 5.09. The molecule has 1 aliphatic rings. The van der Waals surface area contributed by atoms with Gasteiger partial charge in [0.05, 0.1) is 17.7 Å². The summed E-state index contributed by atoms with van der Waals surface area (Å²) in [7, 11) is 0. The van der Waals surface area contributed by atoms with E-state index in [0.717, 1.165) is 17.0 Å². The van der Waals surface area contributed by atoms with Gasteiger partial charge < -0.3 is 14.7 Å². The maximum Gasteiger partial charge on any atom is 0.357 e. The molecule has 34 heavy (non-hydrogen) atoms. The molecule has 0 bridgehead atoms. The molecule has 4 heterocycles. The maximum atomic E-state index is 12.4. The molecule has 0 amide bonds. The van der Waals surface area contributed by atoms with Crippen LogP contribution in [0.25, 0.3) is 22.6 Å². The van der Waals surface area contributed by atoms with E-state index in [2.05, 4.69) is 32.2 Å². The molecule has 174 valence electrons. The second-order valence-electron chi connectivity index (χ2n) is 8.41. The molecule has 10 heteroatoms. The van der Waals surface area contributed by atoms with E-state index in [0.29, 0.717) is 42.4 Å². The van der Waals surface area contributed by atoms with Crippen LogP contribution in [0.3, 0.4) is 0 Å². The molecule has 2 atom stereocenters. The first-order chi connectivity index (χ1) is 16.5. The molecule has 0 radical (unpaired) electrons. The fraction of sp³-hybridized carbons (Fsp3) is 0.333. The maximum absolute atomic E-state index is 12.4. The van der Waals surface area contributed by atoms with Crippen molar-refractivity contribution < 1.29 is 9.63 Å². The molecule has 0 saturated carbocycles. The van der Waals surface area contributed by atoms with E-state index in [1.54, 1.807) is 35.9 Å². The van der Waals surface area contributed by atoms with E-state index < -0.39 is 0 Å². The summed E-state index contributed by atoms with van der Waals surface area (Å²) in [6, 6.07) is 9.03. The summed E-state index contributed by atoms with van der Waals surface area (Å²) < 4.78 is 2.03. The van der Waals surface area contributed by atoms with Crippen LogP contribution in [-0.4, -0.2) is 59.7 Å². The van der Waals surface area contributed by atoms with Gasteiger partial charge in [-0.05, 0) is 31.9 Å². The number of carbonyl (C=O) groups excluding carboxylic acids is 1. The van der Waals surface area contributed by atoms with E-state index in [9.17, 15) is 4.79 Å². The number of benzene rings is 1. The van der Waals surface area contributed by atoms with Crippen molar-refractivity contribution in [1.82, 2.24) is 34.6 Å². The molecule has 5 rings (SSSR count). The monoisotopic (exact) mass is 458 g/mol. The normalized spacial score (nSPS) is 18.3. The first-order valence-corrected chi connectivity index (χ1v) is 11.3. The smallest absolute Gasteiger partial charge is 0.357 e. The molecule has 3 aromatic heterocycles. The van der Waals surface area contributed by atoms with Crippen LogP contribution in [0, 0.1) is 12.8 Å². The molecule has 1 aromatic carbocycles. The van der Waals surface area contributed by atoms with E-state index in [4.69, 9.17) is 9.82 Å². The van der Waals surface area contributed by atoms with Gasteiger partial charge in [0.1, 0.15) is 18.0 Å². The van der Waals surface area contributed by atoms with Crippen LogP contribution >= 0.6 is 0 Å². The third-order valence-corrected chi connectivity index (χ3v) is 6.01. The van der Waals surface area contributed by atoms with Crippen molar-refractivity contribution in [3.05, 3.63) is 60.4 Å². The van der Waals surface area contributed by atoms with Crippen LogP contribution in [0.5, 0.6) is 0 Å². The van der Waals surface area contributed by atoms with Crippen LogP contribution in [0.1, 0.15) is 30.0 Å². The van der Waals surface area contributed by atoms with E-state index in [-0.39, 0.29) is 17.9 Å². The minimum absolute atomic E-state index is 0.0274. The highest BCUT2D eigenvalue weighted by molar-refractivity contribution is 5.89. The second kappa shape index (κ2) is 9.14. The Kier molecular flexibility index (Phi) is 5.89. The number of hydrogen-bond acceptors (Lipinski definition) is 9. The summed E-state index contributed by atoms with van der Waals surface area (Å²) in [6.45, 7) is 7.87. The second-order valence-corrected chi connectivity index (χ2v) is 8.41. The van der Waals surface area contributed by atoms with Gasteiger partial charge >= 0.3 is 5.97 Å². The molecule has 1 saturated heterocycles. The van der Waals surface area contributed by atoms with Crippen molar-refractivity contribution in [2.45, 2.75) is 33.4 Å². The Bertz CT molecular complexity index is 1310. The summed E-state index contributed by atoms with van der Waals surface area (Å²) in [5.41, 5.74) is 2.78. The van der Waals surface area contributed by atoms with E-state index in [1.165, 1.54) is 0 Å². The fourth-order valence-corrected chi connectivity index (χ4v) is 4.17. The van der Waals surface area contributed by atoms with Crippen molar-refractivity contribution in [2.24, 2.45) is 5.92 Å². The SMILES string of the molecule is CCn1c(-c2cnc(C)nc2)nc2c(NC3CN(OC(=O)c4ccccc4)CC3C)ncnc21. The van der Waals surface area contributed by atoms with Gasteiger partial charge in [-0.2, -0.15) is 0 Å². The van der Waals surface area contributed by atoms with Gasteiger partial charge in [-0.3, -0.25) is 0 Å². The number of aromatic nitrogens is 6. The lowest BCUT2D eigenvalue weighted by Crippen LogP contribution is -2.30. The molecule has 1 aliphatic heterocycles. The third kappa shape index (κ3) is 4.19. The predicted molar refractivity (Wildman–Crippen MR) is 127 cm³/mol. The zero-order chi connectivity index (χ0) is 23.7. The van der Waals surface area contributed by atoms with Crippen LogP contribution in [0.4, 0.5) is 5.82 Å². The highest BCUT2D eigenvalue weighted by Gasteiger charge is 2.33. The lowest BCUT2D eigenvalue weighted by molar-refractivity contribution is -0.0951. The van der Waals surface area contributed by atoms with Crippen molar-refractivity contribution in [2.75, 3.05) is 18.4 Å². The molecule has 10 nitrogen and oxygen atoms in total. The number of aryl methyl sites for hydroxylation is 2. The van der Waals surface area contributed by atoms with Crippen molar-refractivity contribution >= 4 is 23.0 Å². The lowest BCUT2D eigenvalue weighted by atomic mass is 10.1. The number of carbonyl (C=O) groups is 1. The van der Waals surface area contributed by atoms with Crippen LogP contribution in [-0.2, 0) is 11.4 Å². The van der Waals surface area contributed by atoms with Gasteiger partial charge in [-0.15, -0.1) is 5.06 Å². The van der Waals surface area contributed by atoms with Crippen molar-refractivity contribution in [3.63, 3.8) is 0 Å². The number of hydroxylamine groups is 2. The van der Waals surface area contributed by atoms with Crippen molar-refractivity contribution in [1.29, 1.82) is 0 Å². The Labute approximate surface area is 197 Å². The van der Waals surface area contributed by atoms with Crippen LogP contribution in [0.15, 0.2) is 49.1 Å². The summed E-state index contributed by atoms with van der Waals surface area (Å²) in [5.74, 6) is 1.98. The summed E-state index contributed by atoms with van der Waals surface area (Å²) in [5, 5.41) is 5.21. The minimum Gasteiger partial charge on any atom is -0.364 e. The van der Waals surface area contributed by atoms with Gasteiger partial charge in [-0.1, -0.05) is 25.1 Å². The quantitative estimate of drug-likeness (QED) is 0.466. The first kappa shape index (κ1) is 21.9. The molecule has 2 unspecified atom stereocenters. The Hall–Kier alpha value is -3.92. The Morgan fingerprint density at radius 1 is 1.12 bits per heavy atom. The summed E-state index contributed by atoms with van der Waals surface area (Å²) >= 11 is 0. The highest BCUT2D eigenvalue weighted by Crippen LogP contribution is 2.28. The minimum atomic E-state index is -0.357. The molecule has 1 N–H and O–H groups in total. The Morgan fingerprint density at radius 3 is 2.62 bits per heavy atom. The number of fused-ring (bicyclic) bond motifs is 1. The number of nitrogens with one attached hydrogen (secondary N) is 1. The Balaban J connectivity index is 1.37. The van der Waals surface area contributed by atoms with Gasteiger partial charge in [0, 0.05) is 31.5 Å². The third-order valence-electron chi connectivity index (χ3n) is 6.01. The number of hydrogen-bond donors (Lipinski definition) is 1. The standard InChI is InChI=1S/C24H26N8O2/c1-4-32-22(18-10-25-16(3)26-11-18)30-20-21(27-14-28-23(20)32)29-19-13-31(12-15(19)2)34-24(33)17-8-6-5-7-9-17/h5-11,14-15,19H,4,12-13H2,1-3H3,(H,27,28,29). The average Bonchev–Trinajstić information content (AvgIpc) is 3.40. The zero-order valence-corrected chi connectivity index (χ0v) is 19.3. The number of imidazole rings is 1. The molecule has 4 aromatic rings. The number of nitrogens with zero attached hydrogens (tertiary/aromatic N) is 7. The van der Waals surface area contributed by atoms with Gasteiger partial charge in [0.15, 0.2) is 17.0 Å². The topological polar surface area (TPSA) is 111 Å². The largest absolute Gasteiger partial charge is 0.364 e. The number of anilines is 1. The van der Waals surface area contributed by atoms with Gasteiger partial charge in [0.2, 0.25) is 0 Å². The first-order valence-electron chi connectivity index (χ1n) is 11.3. The van der Waals surface area contributed by atoms with Crippen molar-refractivity contribution in [3.8, 4) is 11.4 Å². The molecular formula is C24H26N8O2.